The average molecular weight is 320 g/mol. The van der Waals surface area contributed by atoms with Crippen LogP contribution in [0.4, 0.5) is 10.5 Å². The van der Waals surface area contributed by atoms with Crippen molar-refractivity contribution < 1.29 is 28.6 Å². The molecule has 1 aromatic rings. The predicted molar refractivity (Wildman–Crippen MR) is 78.3 cm³/mol. The number of amides is 3. The minimum absolute atomic E-state index is 0.0886. The van der Waals surface area contributed by atoms with Crippen molar-refractivity contribution in [1.29, 1.82) is 0 Å². The number of rotatable bonds is 4. The first-order valence-electron chi connectivity index (χ1n) is 7.29. The Morgan fingerprint density at radius 2 is 1.87 bits per heavy atom. The van der Waals surface area contributed by atoms with Crippen molar-refractivity contribution in [2.45, 2.75) is 12.8 Å². The second-order valence-corrected chi connectivity index (χ2v) is 5.24. The third kappa shape index (κ3) is 4.12. The summed E-state index contributed by atoms with van der Waals surface area (Å²) < 4.78 is 15.6. The van der Waals surface area contributed by atoms with E-state index in [1.807, 2.05) is 0 Å². The summed E-state index contributed by atoms with van der Waals surface area (Å²) in [5, 5.41) is 4.58. The van der Waals surface area contributed by atoms with Crippen LogP contribution in [-0.4, -0.2) is 37.7 Å². The van der Waals surface area contributed by atoms with Crippen LogP contribution < -0.4 is 20.1 Å². The zero-order chi connectivity index (χ0) is 16.2. The number of nitrogens with one attached hydrogen (secondary N) is 2. The Bertz CT molecular complexity index is 641. The van der Waals surface area contributed by atoms with Gasteiger partial charge in [-0.25, -0.2) is 4.79 Å². The van der Waals surface area contributed by atoms with E-state index >= 15 is 0 Å². The lowest BCUT2D eigenvalue weighted by molar-refractivity contribution is -0.149. The lowest BCUT2D eigenvalue weighted by Gasteiger charge is -2.19. The zero-order valence-electron chi connectivity index (χ0n) is 12.3. The number of esters is 1. The van der Waals surface area contributed by atoms with E-state index in [-0.39, 0.29) is 5.92 Å². The second-order valence-electron chi connectivity index (χ2n) is 5.24. The monoisotopic (exact) mass is 320 g/mol. The number of benzene rings is 1. The molecule has 2 N–H and O–H groups in total. The highest BCUT2D eigenvalue weighted by Gasteiger charge is 2.31. The average Bonchev–Trinajstić information content (AvgIpc) is 3.37. The first kappa shape index (κ1) is 15.1. The molecule has 3 rings (SSSR count). The van der Waals surface area contributed by atoms with Crippen LogP contribution in [0.1, 0.15) is 12.8 Å². The van der Waals surface area contributed by atoms with E-state index in [0.29, 0.717) is 30.4 Å². The minimum atomic E-state index is -0.714. The van der Waals surface area contributed by atoms with Crippen molar-refractivity contribution in [1.82, 2.24) is 5.32 Å². The van der Waals surface area contributed by atoms with Crippen LogP contribution in [0.25, 0.3) is 0 Å². The number of carbonyl (C=O) groups excluding carboxylic acids is 3. The maximum absolute atomic E-state index is 11.7. The van der Waals surface area contributed by atoms with Crippen LogP contribution in [0.3, 0.4) is 0 Å². The van der Waals surface area contributed by atoms with Crippen molar-refractivity contribution >= 4 is 23.6 Å². The topological polar surface area (TPSA) is 103 Å². The van der Waals surface area contributed by atoms with Crippen molar-refractivity contribution in [2.75, 3.05) is 25.1 Å². The van der Waals surface area contributed by atoms with E-state index in [1.54, 1.807) is 18.2 Å². The predicted octanol–water partition coefficient (Wildman–Crippen LogP) is 1.06. The van der Waals surface area contributed by atoms with Gasteiger partial charge in [-0.1, -0.05) is 0 Å². The van der Waals surface area contributed by atoms with Gasteiger partial charge in [0.2, 0.25) is 0 Å². The molecule has 2 aliphatic rings. The summed E-state index contributed by atoms with van der Waals surface area (Å²) in [7, 11) is 0. The van der Waals surface area contributed by atoms with Gasteiger partial charge in [-0.2, -0.15) is 0 Å². The number of imide groups is 1. The number of hydrogen-bond acceptors (Lipinski definition) is 6. The Hall–Kier alpha value is -2.77. The van der Waals surface area contributed by atoms with Crippen LogP contribution in [0, 0.1) is 5.92 Å². The van der Waals surface area contributed by atoms with E-state index in [1.165, 1.54) is 0 Å². The first-order valence-corrected chi connectivity index (χ1v) is 7.29. The molecule has 8 heteroatoms. The second kappa shape index (κ2) is 6.55. The summed E-state index contributed by atoms with van der Waals surface area (Å²) in [6.07, 6.45) is 1.59. The molecular formula is C15H16N2O6. The Morgan fingerprint density at radius 3 is 2.61 bits per heavy atom. The van der Waals surface area contributed by atoms with E-state index in [2.05, 4.69) is 10.6 Å². The van der Waals surface area contributed by atoms with Crippen molar-refractivity contribution in [2.24, 2.45) is 5.92 Å². The molecule has 1 aromatic carbocycles. The molecule has 1 aliphatic carbocycles. The molecule has 0 aromatic heterocycles. The molecule has 0 radical (unpaired) electrons. The van der Waals surface area contributed by atoms with Gasteiger partial charge < -0.3 is 19.5 Å². The fourth-order valence-electron chi connectivity index (χ4n) is 2.02. The van der Waals surface area contributed by atoms with Crippen LogP contribution in [0.15, 0.2) is 18.2 Å². The number of ether oxygens (including phenoxy) is 3. The molecule has 122 valence electrons. The Balaban J connectivity index is 1.46. The van der Waals surface area contributed by atoms with Gasteiger partial charge in [0.25, 0.3) is 5.91 Å². The summed E-state index contributed by atoms with van der Waals surface area (Å²) in [4.78, 5) is 34.6. The SMILES string of the molecule is O=C(COC(=O)C1CC1)NC(=O)Nc1ccc2c(c1)OCCO2. The molecule has 0 unspecified atom stereocenters. The molecular weight excluding hydrogens is 304 g/mol. The number of carbonyl (C=O) groups is 3. The Labute approximate surface area is 132 Å². The summed E-state index contributed by atoms with van der Waals surface area (Å²) in [6, 6.07) is 4.19. The highest BCUT2D eigenvalue weighted by atomic mass is 16.6. The van der Waals surface area contributed by atoms with Gasteiger partial charge in [0.05, 0.1) is 5.92 Å². The molecule has 0 bridgehead atoms. The minimum Gasteiger partial charge on any atom is -0.486 e. The normalized spacial score (nSPS) is 15.5. The molecule has 0 atom stereocenters. The quantitative estimate of drug-likeness (QED) is 0.804. The molecule has 3 amide bonds. The van der Waals surface area contributed by atoms with Gasteiger partial charge in [0.15, 0.2) is 18.1 Å². The van der Waals surface area contributed by atoms with Gasteiger partial charge in [-0.15, -0.1) is 0 Å². The van der Waals surface area contributed by atoms with Gasteiger partial charge in [0, 0.05) is 11.8 Å². The molecule has 8 nitrogen and oxygen atoms in total. The van der Waals surface area contributed by atoms with Crippen molar-refractivity contribution in [3.8, 4) is 11.5 Å². The number of hydrogen-bond donors (Lipinski definition) is 2. The maximum atomic E-state index is 11.7. The molecule has 23 heavy (non-hydrogen) atoms. The van der Waals surface area contributed by atoms with E-state index in [0.717, 1.165) is 12.8 Å². The van der Waals surface area contributed by atoms with Crippen LogP contribution in [-0.2, 0) is 14.3 Å². The number of anilines is 1. The Kier molecular flexibility index (Phi) is 4.31. The first-order chi connectivity index (χ1) is 11.1. The number of urea groups is 1. The van der Waals surface area contributed by atoms with Crippen LogP contribution in [0.2, 0.25) is 0 Å². The molecule has 1 heterocycles. The molecule has 0 saturated heterocycles. The van der Waals surface area contributed by atoms with Crippen molar-refractivity contribution in [3.05, 3.63) is 18.2 Å². The molecule has 1 aliphatic heterocycles. The zero-order valence-corrected chi connectivity index (χ0v) is 12.3. The molecule has 1 fully saturated rings. The van der Waals surface area contributed by atoms with Crippen molar-refractivity contribution in [3.63, 3.8) is 0 Å². The fraction of sp³-hybridized carbons (Fsp3) is 0.400. The highest BCUT2D eigenvalue weighted by molar-refractivity contribution is 6.02. The van der Waals surface area contributed by atoms with Gasteiger partial charge in [-0.05, 0) is 25.0 Å². The number of fused-ring (bicyclic) bond motifs is 1. The summed E-state index contributed by atoms with van der Waals surface area (Å²) in [5.41, 5.74) is 0.453. The lowest BCUT2D eigenvalue weighted by atomic mass is 10.2. The van der Waals surface area contributed by atoms with Gasteiger partial charge in [-0.3, -0.25) is 14.9 Å². The standard InChI is InChI=1S/C15H16N2O6/c18-13(8-23-14(19)9-1-2-9)17-15(20)16-10-3-4-11-12(7-10)22-6-5-21-11/h3-4,7,9H,1-2,5-6,8H2,(H2,16,17,18,20). The molecule has 1 saturated carbocycles. The summed E-state index contributed by atoms with van der Waals surface area (Å²) in [6.45, 7) is 0.450. The van der Waals surface area contributed by atoms with E-state index < -0.39 is 24.5 Å². The smallest absolute Gasteiger partial charge is 0.325 e. The lowest BCUT2D eigenvalue weighted by Crippen LogP contribution is -2.37. The van der Waals surface area contributed by atoms with Gasteiger partial charge >= 0.3 is 12.0 Å². The Morgan fingerprint density at radius 1 is 1.13 bits per heavy atom. The third-order valence-corrected chi connectivity index (χ3v) is 3.31. The van der Waals surface area contributed by atoms with Gasteiger partial charge in [0.1, 0.15) is 13.2 Å². The largest absolute Gasteiger partial charge is 0.486 e. The molecule has 0 spiro atoms. The van der Waals surface area contributed by atoms with E-state index in [9.17, 15) is 14.4 Å². The third-order valence-electron chi connectivity index (χ3n) is 3.31. The summed E-state index contributed by atoms with van der Waals surface area (Å²) >= 11 is 0. The van der Waals surface area contributed by atoms with Crippen LogP contribution >= 0.6 is 0 Å². The highest BCUT2D eigenvalue weighted by Crippen LogP contribution is 2.32. The van der Waals surface area contributed by atoms with E-state index in [4.69, 9.17) is 14.2 Å². The maximum Gasteiger partial charge on any atom is 0.325 e. The summed E-state index contributed by atoms with van der Waals surface area (Å²) in [5.74, 6) is -0.0419. The fourth-order valence-corrected chi connectivity index (χ4v) is 2.02. The van der Waals surface area contributed by atoms with Crippen LogP contribution in [0.5, 0.6) is 11.5 Å².